The Hall–Kier alpha value is -1.46. The molecule has 0 heterocycles. The number of anilines is 1. The molecule has 2 N–H and O–H groups in total. The van der Waals surface area contributed by atoms with Gasteiger partial charge in [-0.2, -0.15) is 0 Å². The van der Waals surface area contributed by atoms with E-state index in [-0.39, 0.29) is 31.9 Å². The van der Waals surface area contributed by atoms with E-state index in [1.165, 1.54) is 24.3 Å². The smallest absolute Gasteiger partial charge is 0.337 e. The van der Waals surface area contributed by atoms with E-state index in [1.807, 2.05) is 0 Å². The number of carboxylic acids is 1. The number of aromatic carboxylic acids is 1. The van der Waals surface area contributed by atoms with Crippen molar-refractivity contribution in [3.8, 4) is 0 Å². The number of benzene rings is 2. The molecule has 0 unspecified atom stereocenters. The molecule has 0 atom stereocenters. The second-order valence-electron chi connectivity index (χ2n) is 4.20. The number of amides is 1. The fourth-order valence-electron chi connectivity index (χ4n) is 1.67. The lowest BCUT2D eigenvalue weighted by Crippen LogP contribution is -2.13. The van der Waals surface area contributed by atoms with Crippen LogP contribution in [-0.4, -0.2) is 17.0 Å². The van der Waals surface area contributed by atoms with Crippen molar-refractivity contribution >= 4 is 64.0 Å². The van der Waals surface area contributed by atoms with Crippen molar-refractivity contribution in [2.24, 2.45) is 0 Å². The predicted molar refractivity (Wildman–Crippen MR) is 87.8 cm³/mol. The summed E-state index contributed by atoms with van der Waals surface area (Å²) in [5.41, 5.74) is 0.0557. The quantitative estimate of drug-likeness (QED) is 0.766. The van der Waals surface area contributed by atoms with Crippen LogP contribution in [0.15, 0.2) is 30.3 Å². The predicted octanol–water partition coefficient (Wildman–Crippen LogP) is 5.25. The van der Waals surface area contributed by atoms with Crippen LogP contribution in [0.2, 0.25) is 20.1 Å². The average molecular weight is 379 g/mol. The average Bonchev–Trinajstić information content (AvgIpc) is 2.43. The van der Waals surface area contributed by atoms with E-state index in [1.54, 1.807) is 6.07 Å². The molecule has 0 radical (unpaired) electrons. The van der Waals surface area contributed by atoms with E-state index in [4.69, 9.17) is 51.5 Å². The Morgan fingerprint density at radius 3 is 2.18 bits per heavy atom. The van der Waals surface area contributed by atoms with Crippen LogP contribution in [0.25, 0.3) is 0 Å². The van der Waals surface area contributed by atoms with Crippen molar-refractivity contribution in [3.05, 3.63) is 61.5 Å². The number of rotatable bonds is 3. The van der Waals surface area contributed by atoms with Crippen molar-refractivity contribution < 1.29 is 14.7 Å². The second kappa shape index (κ2) is 6.75. The minimum absolute atomic E-state index is 0.0312. The largest absolute Gasteiger partial charge is 0.478 e. The van der Waals surface area contributed by atoms with Crippen LogP contribution in [0.5, 0.6) is 0 Å². The number of hydrogen-bond acceptors (Lipinski definition) is 2. The maximum atomic E-state index is 12.2. The molecule has 0 saturated heterocycles. The van der Waals surface area contributed by atoms with Crippen molar-refractivity contribution in [2.75, 3.05) is 5.32 Å². The van der Waals surface area contributed by atoms with Gasteiger partial charge in [0.05, 0.1) is 31.9 Å². The van der Waals surface area contributed by atoms with Gasteiger partial charge in [-0.25, -0.2) is 4.79 Å². The van der Waals surface area contributed by atoms with Crippen LogP contribution >= 0.6 is 46.4 Å². The van der Waals surface area contributed by atoms with Crippen LogP contribution in [0, 0.1) is 0 Å². The first-order valence-electron chi connectivity index (χ1n) is 5.78. The molecule has 2 aromatic rings. The van der Waals surface area contributed by atoms with Crippen LogP contribution in [0.3, 0.4) is 0 Å². The van der Waals surface area contributed by atoms with E-state index < -0.39 is 11.9 Å². The third kappa shape index (κ3) is 3.65. The zero-order chi connectivity index (χ0) is 16.4. The molecule has 0 spiro atoms. The molecule has 114 valence electrons. The molecule has 2 aromatic carbocycles. The van der Waals surface area contributed by atoms with E-state index in [0.29, 0.717) is 5.02 Å². The second-order valence-corrected chi connectivity index (χ2v) is 5.85. The Labute approximate surface area is 145 Å². The fraction of sp³-hybridized carbons (Fsp3) is 0. The minimum Gasteiger partial charge on any atom is -0.478 e. The maximum Gasteiger partial charge on any atom is 0.337 e. The molecule has 0 fully saturated rings. The number of hydrogen-bond donors (Lipinski definition) is 2. The molecule has 0 aliphatic heterocycles. The third-order valence-corrected chi connectivity index (χ3v) is 3.90. The van der Waals surface area contributed by atoms with Gasteiger partial charge in [-0.05, 0) is 30.3 Å². The van der Waals surface area contributed by atoms with Gasteiger partial charge >= 0.3 is 5.97 Å². The lowest BCUT2D eigenvalue weighted by atomic mass is 10.1. The van der Waals surface area contributed by atoms with Crippen LogP contribution in [-0.2, 0) is 0 Å². The molecule has 1 amide bonds. The highest BCUT2D eigenvalue weighted by molar-refractivity contribution is 6.39. The molecule has 22 heavy (non-hydrogen) atoms. The summed E-state index contributed by atoms with van der Waals surface area (Å²) >= 11 is 23.5. The molecular weight excluding hydrogens is 372 g/mol. The van der Waals surface area contributed by atoms with Crippen molar-refractivity contribution in [1.82, 2.24) is 0 Å². The lowest BCUT2D eigenvalue weighted by molar-refractivity contribution is 0.0696. The summed E-state index contributed by atoms with van der Waals surface area (Å²) in [5, 5.41) is 12.1. The Morgan fingerprint density at radius 2 is 1.55 bits per heavy atom. The Kier molecular flexibility index (Phi) is 5.19. The number of carbonyl (C=O) groups is 2. The summed E-state index contributed by atoms with van der Waals surface area (Å²) < 4.78 is 0. The molecule has 2 rings (SSSR count). The first kappa shape index (κ1) is 16.9. The van der Waals surface area contributed by atoms with Gasteiger partial charge in [-0.15, -0.1) is 0 Å². The number of carboxylic acid groups (broad SMARTS) is 1. The molecule has 4 nitrogen and oxygen atoms in total. The van der Waals surface area contributed by atoms with Crippen molar-refractivity contribution in [2.45, 2.75) is 0 Å². The first-order chi connectivity index (χ1) is 10.3. The summed E-state index contributed by atoms with van der Waals surface area (Å²) in [6.07, 6.45) is 0. The Morgan fingerprint density at radius 1 is 0.864 bits per heavy atom. The normalized spacial score (nSPS) is 10.4. The molecule has 8 heteroatoms. The Bertz CT molecular complexity index is 777. The highest BCUT2D eigenvalue weighted by Gasteiger charge is 2.17. The summed E-state index contributed by atoms with van der Waals surface area (Å²) in [6, 6.07) is 6.82. The monoisotopic (exact) mass is 377 g/mol. The Balaban J connectivity index is 2.38. The van der Waals surface area contributed by atoms with Crippen LogP contribution < -0.4 is 5.32 Å². The molecule has 0 bridgehead atoms. The summed E-state index contributed by atoms with van der Waals surface area (Å²) in [5.74, 6) is -1.81. The maximum absolute atomic E-state index is 12.2. The van der Waals surface area contributed by atoms with Crippen LogP contribution in [0.1, 0.15) is 20.7 Å². The SMILES string of the molecule is O=C(O)c1cc(NC(=O)c2cc(Cl)ccc2Cl)c(Cl)cc1Cl. The zero-order valence-corrected chi connectivity index (χ0v) is 13.7. The minimum atomic E-state index is -1.24. The molecule has 0 saturated carbocycles. The molecule has 0 aliphatic carbocycles. The summed E-state index contributed by atoms with van der Waals surface area (Å²) in [6.45, 7) is 0. The van der Waals surface area contributed by atoms with E-state index in [2.05, 4.69) is 5.32 Å². The van der Waals surface area contributed by atoms with Crippen molar-refractivity contribution in [1.29, 1.82) is 0 Å². The van der Waals surface area contributed by atoms with Gasteiger partial charge < -0.3 is 10.4 Å². The third-order valence-electron chi connectivity index (χ3n) is 2.71. The van der Waals surface area contributed by atoms with Gasteiger partial charge in [0.15, 0.2) is 0 Å². The number of halogens is 4. The van der Waals surface area contributed by atoms with Gasteiger partial charge in [0.2, 0.25) is 0 Å². The van der Waals surface area contributed by atoms with Gasteiger partial charge in [0.1, 0.15) is 0 Å². The van der Waals surface area contributed by atoms with E-state index in [9.17, 15) is 9.59 Å². The van der Waals surface area contributed by atoms with Gasteiger partial charge in [-0.1, -0.05) is 46.4 Å². The molecule has 0 aromatic heterocycles. The lowest BCUT2D eigenvalue weighted by Gasteiger charge is -2.10. The highest BCUT2D eigenvalue weighted by Crippen LogP contribution is 2.30. The summed E-state index contributed by atoms with van der Waals surface area (Å²) in [4.78, 5) is 23.3. The topological polar surface area (TPSA) is 66.4 Å². The van der Waals surface area contributed by atoms with Gasteiger partial charge in [0.25, 0.3) is 5.91 Å². The number of nitrogens with one attached hydrogen (secondary N) is 1. The van der Waals surface area contributed by atoms with Crippen molar-refractivity contribution in [3.63, 3.8) is 0 Å². The molecule has 0 aliphatic rings. The first-order valence-corrected chi connectivity index (χ1v) is 7.29. The van der Waals surface area contributed by atoms with E-state index in [0.717, 1.165) is 0 Å². The van der Waals surface area contributed by atoms with Crippen LogP contribution in [0.4, 0.5) is 5.69 Å². The fourth-order valence-corrected chi connectivity index (χ4v) is 2.56. The van der Waals surface area contributed by atoms with Gasteiger partial charge in [0, 0.05) is 5.02 Å². The zero-order valence-electron chi connectivity index (χ0n) is 10.7. The highest BCUT2D eigenvalue weighted by atomic mass is 35.5. The standard InChI is InChI=1S/C14H7Cl4NO3/c15-6-1-2-9(16)7(3-6)13(20)19-12-4-8(14(21)22)10(17)5-11(12)18/h1-5H,(H,19,20)(H,21,22). The molecular formula is C14H7Cl4NO3. The van der Waals surface area contributed by atoms with Gasteiger partial charge in [-0.3, -0.25) is 4.79 Å². The summed E-state index contributed by atoms with van der Waals surface area (Å²) in [7, 11) is 0. The van der Waals surface area contributed by atoms with E-state index >= 15 is 0 Å². The number of carbonyl (C=O) groups excluding carboxylic acids is 1.